The van der Waals surface area contributed by atoms with E-state index in [1.807, 2.05) is 13.2 Å². The Bertz CT molecular complexity index is 959. The molecule has 38 heavy (non-hydrogen) atoms. The van der Waals surface area contributed by atoms with Gasteiger partial charge in [0.2, 0.25) is 17.7 Å². The van der Waals surface area contributed by atoms with Crippen molar-refractivity contribution >= 4 is 41.4 Å². The Morgan fingerprint density at radius 1 is 0.921 bits per heavy atom. The van der Waals surface area contributed by atoms with Gasteiger partial charge in [-0.1, -0.05) is 32.4 Å². The van der Waals surface area contributed by atoms with E-state index in [1.54, 1.807) is 19.1 Å². The van der Waals surface area contributed by atoms with Gasteiger partial charge in [-0.2, -0.15) is 11.8 Å². The standard InChI is InChI=1S/C25H38N4O8S/c1-4-14(2)21(24(35)28-19(25(36)37)13-15-5-7-16(30)8-6-15)29-23(34)18(11-12-38-3)27-22(33)17(26)9-10-20(31)32/h5-8,14,17-19,21,30H,4,9-13,26H2,1-3H3,(H,27,33)(H,28,35)(H,29,34)(H,31,32)(H,36,37). The molecule has 0 aliphatic carbocycles. The van der Waals surface area contributed by atoms with Gasteiger partial charge in [-0.25, -0.2) is 4.79 Å². The van der Waals surface area contributed by atoms with Gasteiger partial charge in [-0.05, 0) is 48.5 Å². The van der Waals surface area contributed by atoms with E-state index < -0.39 is 53.8 Å². The second kappa shape index (κ2) is 16.5. The fourth-order valence-corrected chi connectivity index (χ4v) is 3.95. The van der Waals surface area contributed by atoms with Crippen LogP contribution in [0.4, 0.5) is 0 Å². The van der Waals surface area contributed by atoms with Crippen molar-refractivity contribution in [3.8, 4) is 5.75 Å². The number of benzene rings is 1. The minimum atomic E-state index is -1.28. The summed E-state index contributed by atoms with van der Waals surface area (Å²) in [5.41, 5.74) is 6.35. The molecule has 1 aromatic rings. The Kier molecular flexibility index (Phi) is 14.2. The predicted molar refractivity (Wildman–Crippen MR) is 143 cm³/mol. The lowest BCUT2D eigenvalue weighted by atomic mass is 9.96. The molecule has 0 bridgehead atoms. The molecule has 0 heterocycles. The van der Waals surface area contributed by atoms with Crippen LogP contribution in [-0.2, 0) is 30.4 Å². The fraction of sp³-hybridized carbons (Fsp3) is 0.560. The number of nitrogens with two attached hydrogens (primary N) is 1. The van der Waals surface area contributed by atoms with Crippen molar-refractivity contribution in [1.82, 2.24) is 16.0 Å². The van der Waals surface area contributed by atoms with E-state index >= 15 is 0 Å². The van der Waals surface area contributed by atoms with Gasteiger partial charge in [0.1, 0.15) is 23.9 Å². The quantitative estimate of drug-likeness (QED) is 0.141. The number of carboxylic acid groups (broad SMARTS) is 2. The summed E-state index contributed by atoms with van der Waals surface area (Å²) in [5, 5.41) is 35.6. The van der Waals surface area contributed by atoms with E-state index in [2.05, 4.69) is 16.0 Å². The van der Waals surface area contributed by atoms with Crippen molar-refractivity contribution in [2.75, 3.05) is 12.0 Å². The molecule has 1 rings (SSSR count). The number of phenolic OH excluding ortho intramolecular Hbond substituents is 1. The minimum Gasteiger partial charge on any atom is -0.508 e. The van der Waals surface area contributed by atoms with Crippen LogP contribution < -0.4 is 21.7 Å². The van der Waals surface area contributed by atoms with Crippen LogP contribution in [0.2, 0.25) is 0 Å². The van der Waals surface area contributed by atoms with Gasteiger partial charge in [0.05, 0.1) is 6.04 Å². The van der Waals surface area contributed by atoms with Crippen molar-refractivity contribution in [3.63, 3.8) is 0 Å². The predicted octanol–water partition coefficient (Wildman–Crippen LogP) is 0.465. The smallest absolute Gasteiger partial charge is 0.326 e. The van der Waals surface area contributed by atoms with E-state index in [1.165, 1.54) is 23.9 Å². The first-order chi connectivity index (χ1) is 17.9. The molecule has 0 aliphatic heterocycles. The van der Waals surface area contributed by atoms with Crippen LogP contribution in [0.1, 0.15) is 45.1 Å². The van der Waals surface area contributed by atoms with Gasteiger partial charge in [0.15, 0.2) is 0 Å². The Morgan fingerprint density at radius 2 is 1.53 bits per heavy atom. The summed E-state index contributed by atoms with van der Waals surface area (Å²) in [6, 6.07) is 1.40. The van der Waals surface area contributed by atoms with Crippen LogP contribution in [0.25, 0.3) is 0 Å². The highest BCUT2D eigenvalue weighted by Gasteiger charge is 2.32. The number of carboxylic acids is 2. The van der Waals surface area contributed by atoms with Crippen molar-refractivity contribution in [3.05, 3.63) is 29.8 Å². The summed E-state index contributed by atoms with van der Waals surface area (Å²) in [5.74, 6) is -4.20. The van der Waals surface area contributed by atoms with Gasteiger partial charge >= 0.3 is 11.9 Å². The average Bonchev–Trinajstić information content (AvgIpc) is 2.87. The Morgan fingerprint density at radius 3 is 2.05 bits per heavy atom. The number of hydrogen-bond donors (Lipinski definition) is 7. The maximum Gasteiger partial charge on any atom is 0.326 e. The largest absolute Gasteiger partial charge is 0.508 e. The molecule has 0 spiro atoms. The summed E-state index contributed by atoms with van der Waals surface area (Å²) in [6.07, 6.45) is 2.11. The van der Waals surface area contributed by atoms with Crippen LogP contribution in [0, 0.1) is 5.92 Å². The zero-order valence-electron chi connectivity index (χ0n) is 21.8. The molecule has 5 atom stereocenters. The van der Waals surface area contributed by atoms with Crippen molar-refractivity contribution < 1.29 is 39.3 Å². The molecule has 0 aromatic heterocycles. The third-order valence-corrected chi connectivity index (χ3v) is 6.68. The van der Waals surface area contributed by atoms with Gasteiger partial charge < -0.3 is 37.0 Å². The summed E-state index contributed by atoms with van der Waals surface area (Å²) in [4.78, 5) is 61.4. The first-order valence-electron chi connectivity index (χ1n) is 12.3. The lowest BCUT2D eigenvalue weighted by Crippen LogP contribution is -2.59. The lowest BCUT2D eigenvalue weighted by molar-refractivity contribution is -0.142. The van der Waals surface area contributed by atoms with Crippen LogP contribution in [0.5, 0.6) is 5.75 Å². The normalized spacial score (nSPS) is 14.8. The summed E-state index contributed by atoms with van der Waals surface area (Å²) >= 11 is 1.45. The third-order valence-electron chi connectivity index (χ3n) is 6.03. The first-order valence-corrected chi connectivity index (χ1v) is 13.7. The fourth-order valence-electron chi connectivity index (χ4n) is 3.48. The van der Waals surface area contributed by atoms with E-state index in [4.69, 9.17) is 10.8 Å². The number of rotatable bonds is 17. The Balaban J connectivity index is 3.00. The van der Waals surface area contributed by atoms with Crippen LogP contribution in [0.3, 0.4) is 0 Å². The third kappa shape index (κ3) is 11.4. The van der Waals surface area contributed by atoms with Crippen LogP contribution in [0.15, 0.2) is 24.3 Å². The zero-order chi connectivity index (χ0) is 28.8. The number of aromatic hydroxyl groups is 1. The maximum atomic E-state index is 13.2. The second-order valence-electron chi connectivity index (χ2n) is 9.02. The SMILES string of the molecule is CCC(C)C(NC(=O)C(CCSC)NC(=O)C(N)CCC(=O)O)C(=O)NC(Cc1ccc(O)cc1)C(=O)O. The molecule has 1 aromatic carbocycles. The summed E-state index contributed by atoms with van der Waals surface area (Å²) in [6.45, 7) is 3.55. The molecule has 5 unspecified atom stereocenters. The second-order valence-corrected chi connectivity index (χ2v) is 10.0. The van der Waals surface area contributed by atoms with Gasteiger partial charge in [-0.3, -0.25) is 19.2 Å². The molecular formula is C25H38N4O8S. The van der Waals surface area contributed by atoms with Crippen LogP contribution >= 0.6 is 11.8 Å². The number of nitrogens with one attached hydrogen (secondary N) is 3. The number of carbonyl (C=O) groups excluding carboxylic acids is 3. The maximum absolute atomic E-state index is 13.2. The Hall–Kier alpha value is -3.32. The first kappa shape index (κ1) is 32.7. The molecule has 0 saturated carbocycles. The van der Waals surface area contributed by atoms with Gasteiger partial charge in [0, 0.05) is 12.8 Å². The molecular weight excluding hydrogens is 516 g/mol. The summed E-state index contributed by atoms with van der Waals surface area (Å²) < 4.78 is 0. The number of hydrogen-bond acceptors (Lipinski definition) is 8. The average molecular weight is 555 g/mol. The highest BCUT2D eigenvalue weighted by molar-refractivity contribution is 7.98. The van der Waals surface area contributed by atoms with E-state index in [0.717, 1.165) is 0 Å². The molecule has 0 fully saturated rings. The van der Waals surface area contributed by atoms with Crippen molar-refractivity contribution in [2.24, 2.45) is 11.7 Å². The molecule has 8 N–H and O–H groups in total. The minimum absolute atomic E-state index is 0.0233. The Labute approximate surface area is 226 Å². The van der Waals surface area contributed by atoms with Gasteiger partial charge in [0.25, 0.3) is 0 Å². The topological polar surface area (TPSA) is 208 Å². The van der Waals surface area contributed by atoms with Crippen molar-refractivity contribution in [2.45, 2.75) is 70.1 Å². The molecule has 0 saturated heterocycles. The molecule has 212 valence electrons. The lowest BCUT2D eigenvalue weighted by Gasteiger charge is -2.28. The molecule has 13 heteroatoms. The molecule has 0 radical (unpaired) electrons. The summed E-state index contributed by atoms with van der Waals surface area (Å²) in [7, 11) is 0. The highest BCUT2D eigenvalue weighted by Crippen LogP contribution is 2.14. The molecule has 0 aliphatic rings. The van der Waals surface area contributed by atoms with E-state index in [-0.39, 0.29) is 37.4 Å². The van der Waals surface area contributed by atoms with E-state index in [0.29, 0.717) is 17.7 Å². The number of phenols is 1. The van der Waals surface area contributed by atoms with Gasteiger partial charge in [-0.15, -0.1) is 0 Å². The highest BCUT2D eigenvalue weighted by atomic mass is 32.2. The number of aliphatic carboxylic acids is 2. The van der Waals surface area contributed by atoms with Crippen molar-refractivity contribution in [1.29, 1.82) is 0 Å². The number of amides is 3. The van der Waals surface area contributed by atoms with Crippen LogP contribution in [-0.4, -0.2) is 81.2 Å². The molecule has 12 nitrogen and oxygen atoms in total. The molecule has 3 amide bonds. The number of carbonyl (C=O) groups is 5. The van der Waals surface area contributed by atoms with E-state index in [9.17, 15) is 34.2 Å². The monoisotopic (exact) mass is 554 g/mol. The number of thioether (sulfide) groups is 1. The zero-order valence-corrected chi connectivity index (χ0v) is 22.6.